The molecule has 110 valence electrons. The SMILES string of the molecule is COc1ccc(C(=O)c2ccc(Br)c(C(F)(F)F)c2)cc1. The third-order valence-corrected chi connectivity index (χ3v) is 3.58. The van der Waals surface area contributed by atoms with Gasteiger partial charge in [-0.3, -0.25) is 4.79 Å². The summed E-state index contributed by atoms with van der Waals surface area (Å²) in [5.41, 5.74) is -0.594. The van der Waals surface area contributed by atoms with Crippen LogP contribution in [-0.2, 0) is 6.18 Å². The first kappa shape index (κ1) is 15.6. The van der Waals surface area contributed by atoms with E-state index in [-0.39, 0.29) is 10.0 Å². The van der Waals surface area contributed by atoms with Crippen LogP contribution in [-0.4, -0.2) is 12.9 Å². The smallest absolute Gasteiger partial charge is 0.417 e. The van der Waals surface area contributed by atoms with Crippen LogP contribution >= 0.6 is 15.9 Å². The van der Waals surface area contributed by atoms with Gasteiger partial charge in [0.1, 0.15) is 5.75 Å². The lowest BCUT2D eigenvalue weighted by Crippen LogP contribution is -2.09. The lowest BCUT2D eigenvalue weighted by molar-refractivity contribution is -0.138. The Kier molecular flexibility index (Phi) is 4.37. The maximum atomic E-state index is 12.8. The molecule has 2 aromatic carbocycles. The zero-order chi connectivity index (χ0) is 15.6. The van der Waals surface area contributed by atoms with Gasteiger partial charge in [0.2, 0.25) is 0 Å². The van der Waals surface area contributed by atoms with Crippen molar-refractivity contribution >= 4 is 21.7 Å². The van der Waals surface area contributed by atoms with Crippen molar-refractivity contribution in [2.45, 2.75) is 6.18 Å². The van der Waals surface area contributed by atoms with Crippen LogP contribution in [0.25, 0.3) is 0 Å². The molecule has 0 atom stereocenters. The quantitative estimate of drug-likeness (QED) is 0.743. The number of carbonyl (C=O) groups is 1. The third kappa shape index (κ3) is 3.44. The Bertz CT molecular complexity index is 664. The summed E-state index contributed by atoms with van der Waals surface area (Å²) in [5, 5.41) is 0. The molecule has 2 aromatic rings. The molecular weight excluding hydrogens is 349 g/mol. The highest BCUT2D eigenvalue weighted by atomic mass is 79.9. The van der Waals surface area contributed by atoms with Crippen LogP contribution < -0.4 is 4.74 Å². The van der Waals surface area contributed by atoms with Crippen molar-refractivity contribution in [3.8, 4) is 5.75 Å². The van der Waals surface area contributed by atoms with Gasteiger partial charge in [-0.1, -0.05) is 15.9 Å². The summed E-state index contributed by atoms with van der Waals surface area (Å²) in [6.07, 6.45) is -4.52. The Balaban J connectivity index is 2.39. The largest absolute Gasteiger partial charge is 0.497 e. The molecule has 2 nitrogen and oxygen atoms in total. The number of alkyl halides is 3. The standard InChI is InChI=1S/C15H10BrF3O2/c1-21-11-5-2-9(3-6-11)14(20)10-4-7-13(16)12(8-10)15(17,18)19/h2-8H,1H3. The van der Waals surface area contributed by atoms with Gasteiger partial charge in [0, 0.05) is 15.6 Å². The predicted molar refractivity (Wildman–Crippen MR) is 75.6 cm³/mol. The molecule has 0 radical (unpaired) electrons. The number of hydrogen-bond donors (Lipinski definition) is 0. The Labute approximate surface area is 127 Å². The Morgan fingerprint density at radius 2 is 1.62 bits per heavy atom. The summed E-state index contributed by atoms with van der Waals surface area (Å²) in [4.78, 5) is 12.2. The van der Waals surface area contributed by atoms with E-state index < -0.39 is 17.5 Å². The van der Waals surface area contributed by atoms with Gasteiger partial charge in [-0.15, -0.1) is 0 Å². The number of carbonyl (C=O) groups excluding carboxylic acids is 1. The summed E-state index contributed by atoms with van der Waals surface area (Å²) in [7, 11) is 1.49. The summed E-state index contributed by atoms with van der Waals surface area (Å²) in [5.74, 6) is 0.0917. The molecule has 0 amide bonds. The van der Waals surface area contributed by atoms with Gasteiger partial charge in [-0.25, -0.2) is 0 Å². The molecule has 6 heteroatoms. The predicted octanol–water partition coefficient (Wildman–Crippen LogP) is 4.71. The molecular formula is C15H10BrF3O2. The van der Waals surface area contributed by atoms with Crippen molar-refractivity contribution in [3.05, 3.63) is 63.6 Å². The molecule has 0 saturated heterocycles. The molecule has 21 heavy (non-hydrogen) atoms. The molecule has 0 aliphatic carbocycles. The van der Waals surface area contributed by atoms with Crippen LogP contribution in [0.2, 0.25) is 0 Å². The minimum Gasteiger partial charge on any atom is -0.497 e. The van der Waals surface area contributed by atoms with Crippen LogP contribution in [0.15, 0.2) is 46.9 Å². The fourth-order valence-corrected chi connectivity index (χ4v) is 2.26. The Morgan fingerprint density at radius 3 is 2.14 bits per heavy atom. The van der Waals surface area contributed by atoms with Gasteiger partial charge >= 0.3 is 6.18 Å². The van der Waals surface area contributed by atoms with Gasteiger partial charge in [-0.05, 0) is 42.5 Å². The first-order chi connectivity index (χ1) is 9.82. The third-order valence-electron chi connectivity index (χ3n) is 2.89. The molecule has 0 saturated carbocycles. The molecule has 0 bridgehead atoms. The van der Waals surface area contributed by atoms with Crippen molar-refractivity contribution in [2.75, 3.05) is 7.11 Å². The zero-order valence-electron chi connectivity index (χ0n) is 10.9. The zero-order valence-corrected chi connectivity index (χ0v) is 12.5. The van der Waals surface area contributed by atoms with Gasteiger partial charge in [0.15, 0.2) is 5.78 Å². The second kappa shape index (κ2) is 5.89. The Hall–Kier alpha value is -1.82. The van der Waals surface area contributed by atoms with E-state index in [0.717, 1.165) is 6.07 Å². The summed E-state index contributed by atoms with van der Waals surface area (Å²) in [6.45, 7) is 0. The maximum Gasteiger partial charge on any atom is 0.417 e. The van der Waals surface area contributed by atoms with Crippen LogP contribution in [0.5, 0.6) is 5.75 Å². The second-order valence-electron chi connectivity index (χ2n) is 4.25. The highest BCUT2D eigenvalue weighted by Gasteiger charge is 2.33. The number of hydrogen-bond acceptors (Lipinski definition) is 2. The van der Waals surface area contributed by atoms with Gasteiger partial charge in [-0.2, -0.15) is 13.2 Å². The number of methoxy groups -OCH3 is 1. The molecule has 0 N–H and O–H groups in total. The van der Waals surface area contributed by atoms with E-state index in [1.165, 1.54) is 31.4 Å². The van der Waals surface area contributed by atoms with E-state index in [4.69, 9.17) is 4.74 Å². The Morgan fingerprint density at radius 1 is 1.05 bits per heavy atom. The minimum absolute atomic E-state index is 0.0179. The van der Waals surface area contributed by atoms with Crippen molar-refractivity contribution in [1.82, 2.24) is 0 Å². The number of ketones is 1. The van der Waals surface area contributed by atoms with Crippen LogP contribution in [0.4, 0.5) is 13.2 Å². The highest BCUT2D eigenvalue weighted by molar-refractivity contribution is 9.10. The number of benzene rings is 2. The average Bonchev–Trinajstić information content (AvgIpc) is 2.46. The molecule has 0 aliphatic heterocycles. The summed E-state index contributed by atoms with van der Waals surface area (Å²) in [6, 6.07) is 9.60. The average molecular weight is 359 g/mol. The summed E-state index contributed by atoms with van der Waals surface area (Å²) < 4.78 is 43.4. The van der Waals surface area contributed by atoms with E-state index >= 15 is 0 Å². The molecule has 0 aliphatic rings. The monoisotopic (exact) mass is 358 g/mol. The molecule has 0 unspecified atom stereocenters. The topological polar surface area (TPSA) is 26.3 Å². The normalized spacial score (nSPS) is 11.3. The van der Waals surface area contributed by atoms with Crippen LogP contribution in [0.1, 0.15) is 21.5 Å². The summed E-state index contributed by atoms with van der Waals surface area (Å²) >= 11 is 2.84. The molecule has 0 heterocycles. The first-order valence-corrected chi connectivity index (χ1v) is 6.67. The van der Waals surface area contributed by atoms with Gasteiger partial charge in [0.25, 0.3) is 0 Å². The fraction of sp³-hybridized carbons (Fsp3) is 0.133. The minimum atomic E-state index is -4.52. The molecule has 0 fully saturated rings. The van der Waals surface area contributed by atoms with Crippen molar-refractivity contribution in [1.29, 1.82) is 0 Å². The van der Waals surface area contributed by atoms with Crippen LogP contribution in [0.3, 0.4) is 0 Å². The highest BCUT2D eigenvalue weighted by Crippen LogP contribution is 2.35. The molecule has 0 spiro atoms. The van der Waals surface area contributed by atoms with E-state index in [9.17, 15) is 18.0 Å². The van der Waals surface area contributed by atoms with Gasteiger partial charge < -0.3 is 4.74 Å². The number of ether oxygens (including phenoxy) is 1. The van der Waals surface area contributed by atoms with E-state index in [2.05, 4.69) is 15.9 Å². The maximum absolute atomic E-state index is 12.8. The van der Waals surface area contributed by atoms with E-state index in [0.29, 0.717) is 11.3 Å². The first-order valence-electron chi connectivity index (χ1n) is 5.88. The number of rotatable bonds is 3. The van der Waals surface area contributed by atoms with Crippen LogP contribution in [0, 0.1) is 0 Å². The lowest BCUT2D eigenvalue weighted by atomic mass is 10.0. The van der Waals surface area contributed by atoms with E-state index in [1.54, 1.807) is 12.1 Å². The molecule has 0 aromatic heterocycles. The second-order valence-corrected chi connectivity index (χ2v) is 5.10. The van der Waals surface area contributed by atoms with Crippen molar-refractivity contribution in [2.24, 2.45) is 0 Å². The van der Waals surface area contributed by atoms with Crippen molar-refractivity contribution in [3.63, 3.8) is 0 Å². The number of halogens is 4. The van der Waals surface area contributed by atoms with Gasteiger partial charge in [0.05, 0.1) is 12.7 Å². The van der Waals surface area contributed by atoms with E-state index in [1.807, 2.05) is 0 Å². The lowest BCUT2D eigenvalue weighted by Gasteiger charge is -2.11. The fourth-order valence-electron chi connectivity index (χ4n) is 1.79. The molecule has 2 rings (SSSR count). The van der Waals surface area contributed by atoms with Crippen molar-refractivity contribution < 1.29 is 22.7 Å².